The van der Waals surface area contributed by atoms with Crippen LogP contribution in [0.1, 0.15) is 28.8 Å². The summed E-state index contributed by atoms with van der Waals surface area (Å²) < 4.78 is 0. The van der Waals surface area contributed by atoms with Crippen LogP contribution in [0.4, 0.5) is 5.69 Å². The third kappa shape index (κ3) is 1.45. The van der Waals surface area contributed by atoms with E-state index in [-0.39, 0.29) is 17.2 Å². The molecular weight excluding hydrogens is 198 g/mol. The highest BCUT2D eigenvalue weighted by atomic mass is 16.6. The number of fused-ring (bicyclic) bond motifs is 1. The molecule has 1 N–H and O–H groups in total. The number of ketones is 1. The fraction of sp³-hybridized carbons (Fsp3) is 0.300. The van der Waals surface area contributed by atoms with Gasteiger partial charge in [0.05, 0.1) is 4.92 Å². The van der Waals surface area contributed by atoms with Gasteiger partial charge in [0.2, 0.25) is 0 Å². The summed E-state index contributed by atoms with van der Waals surface area (Å²) in [6.45, 7) is 0. The maximum absolute atomic E-state index is 11.5. The molecule has 0 spiro atoms. The molecule has 0 unspecified atom stereocenters. The van der Waals surface area contributed by atoms with Crippen molar-refractivity contribution >= 4 is 11.5 Å². The Balaban J connectivity index is 2.68. The van der Waals surface area contributed by atoms with E-state index in [0.717, 1.165) is 0 Å². The minimum Gasteiger partial charge on any atom is -0.502 e. The van der Waals surface area contributed by atoms with Gasteiger partial charge in [0, 0.05) is 17.5 Å². The summed E-state index contributed by atoms with van der Waals surface area (Å²) in [6, 6.07) is 2.67. The number of rotatable bonds is 1. The van der Waals surface area contributed by atoms with Crippen molar-refractivity contribution in [2.75, 3.05) is 0 Å². The summed E-state index contributed by atoms with van der Waals surface area (Å²) in [5, 5.41) is 20.1. The lowest BCUT2D eigenvalue weighted by Gasteiger charge is -2.14. The van der Waals surface area contributed by atoms with Gasteiger partial charge in [-0.25, -0.2) is 0 Å². The maximum atomic E-state index is 11.5. The number of nitro benzene ring substituents is 1. The van der Waals surface area contributed by atoms with Crippen molar-refractivity contribution in [2.45, 2.75) is 19.3 Å². The van der Waals surface area contributed by atoms with Crippen LogP contribution in [0, 0.1) is 10.1 Å². The van der Waals surface area contributed by atoms with Gasteiger partial charge in [0.15, 0.2) is 11.5 Å². The minimum atomic E-state index is -0.632. The van der Waals surface area contributed by atoms with Crippen LogP contribution >= 0.6 is 0 Å². The summed E-state index contributed by atoms with van der Waals surface area (Å²) in [6.07, 6.45) is 1.51. The maximum Gasteiger partial charge on any atom is 0.314 e. The molecule has 0 aliphatic heterocycles. The van der Waals surface area contributed by atoms with E-state index < -0.39 is 4.92 Å². The zero-order chi connectivity index (χ0) is 11.0. The third-order valence-electron chi connectivity index (χ3n) is 2.58. The van der Waals surface area contributed by atoms with Crippen LogP contribution in [-0.2, 0) is 6.42 Å². The molecular formula is C10H9NO4. The van der Waals surface area contributed by atoms with Crippen LogP contribution in [0.2, 0.25) is 0 Å². The summed E-state index contributed by atoms with van der Waals surface area (Å²) in [5.74, 6) is -0.451. The summed E-state index contributed by atoms with van der Waals surface area (Å²) in [4.78, 5) is 21.6. The zero-order valence-electron chi connectivity index (χ0n) is 7.90. The van der Waals surface area contributed by atoms with E-state index in [1.165, 1.54) is 12.1 Å². The first-order valence-corrected chi connectivity index (χ1v) is 4.63. The van der Waals surface area contributed by atoms with Crippen molar-refractivity contribution in [3.8, 4) is 5.75 Å². The van der Waals surface area contributed by atoms with Crippen molar-refractivity contribution < 1.29 is 14.8 Å². The van der Waals surface area contributed by atoms with Gasteiger partial charge >= 0.3 is 5.69 Å². The molecule has 0 bridgehead atoms. The Morgan fingerprint density at radius 1 is 1.33 bits per heavy atom. The monoisotopic (exact) mass is 207 g/mol. The Kier molecular flexibility index (Phi) is 2.15. The van der Waals surface area contributed by atoms with E-state index in [1.54, 1.807) is 0 Å². The van der Waals surface area contributed by atoms with Gasteiger partial charge in [0.25, 0.3) is 0 Å². The smallest absolute Gasteiger partial charge is 0.314 e. The van der Waals surface area contributed by atoms with Crippen molar-refractivity contribution in [1.29, 1.82) is 0 Å². The second-order valence-electron chi connectivity index (χ2n) is 3.49. The Morgan fingerprint density at radius 3 is 2.73 bits per heavy atom. The summed E-state index contributed by atoms with van der Waals surface area (Å²) in [5.41, 5.74) is 0.433. The van der Waals surface area contributed by atoms with Crippen LogP contribution in [0.5, 0.6) is 5.75 Å². The standard InChI is InChI=1S/C10H9NO4/c12-8-3-1-2-7-6(8)4-5-9(13)10(7)11(14)15/h4-5,13H,1-3H2. The number of nitro groups is 1. The first kappa shape index (κ1) is 9.64. The molecule has 78 valence electrons. The van der Waals surface area contributed by atoms with Crippen LogP contribution < -0.4 is 0 Å². The van der Waals surface area contributed by atoms with Gasteiger partial charge in [-0.15, -0.1) is 0 Å². The first-order valence-electron chi connectivity index (χ1n) is 4.63. The van der Waals surface area contributed by atoms with E-state index in [9.17, 15) is 20.0 Å². The molecule has 0 amide bonds. The summed E-state index contributed by atoms with van der Waals surface area (Å²) in [7, 11) is 0. The van der Waals surface area contributed by atoms with Crippen molar-refractivity contribution in [3.63, 3.8) is 0 Å². The number of hydrogen-bond donors (Lipinski definition) is 1. The fourth-order valence-corrected chi connectivity index (χ4v) is 1.90. The minimum absolute atomic E-state index is 0.0839. The van der Waals surface area contributed by atoms with Crippen molar-refractivity contribution in [1.82, 2.24) is 0 Å². The molecule has 0 radical (unpaired) electrons. The summed E-state index contributed by atoms with van der Waals surface area (Å²) >= 11 is 0. The molecule has 0 fully saturated rings. The van der Waals surface area contributed by atoms with E-state index in [2.05, 4.69) is 0 Å². The zero-order valence-corrected chi connectivity index (χ0v) is 7.90. The lowest BCUT2D eigenvalue weighted by atomic mass is 9.89. The molecule has 1 aliphatic rings. The second kappa shape index (κ2) is 3.34. The van der Waals surface area contributed by atoms with Crippen molar-refractivity contribution in [3.05, 3.63) is 33.4 Å². The average Bonchev–Trinajstić information content (AvgIpc) is 2.17. The number of phenolic OH excluding ortho intramolecular Hbond substituents is 1. The van der Waals surface area contributed by atoms with E-state index >= 15 is 0 Å². The topological polar surface area (TPSA) is 80.4 Å². The van der Waals surface area contributed by atoms with E-state index in [4.69, 9.17) is 0 Å². The molecule has 5 heteroatoms. The van der Waals surface area contributed by atoms with E-state index in [0.29, 0.717) is 30.4 Å². The largest absolute Gasteiger partial charge is 0.502 e. The SMILES string of the molecule is O=C1CCCc2c1ccc(O)c2[N+](=O)[O-]. The third-order valence-corrected chi connectivity index (χ3v) is 2.58. The molecule has 0 atom stereocenters. The highest BCUT2D eigenvalue weighted by Gasteiger charge is 2.28. The van der Waals surface area contributed by atoms with Crippen LogP contribution in [0.15, 0.2) is 12.1 Å². The van der Waals surface area contributed by atoms with Crippen LogP contribution in [0.3, 0.4) is 0 Å². The molecule has 0 heterocycles. The number of phenols is 1. The fourth-order valence-electron chi connectivity index (χ4n) is 1.90. The Bertz CT molecular complexity index is 453. The number of aromatic hydroxyl groups is 1. The second-order valence-corrected chi connectivity index (χ2v) is 3.49. The predicted octanol–water partition coefficient (Wildman–Crippen LogP) is 1.82. The quantitative estimate of drug-likeness (QED) is 0.562. The predicted molar refractivity (Wildman–Crippen MR) is 52.0 cm³/mol. The van der Waals surface area contributed by atoms with Gasteiger partial charge < -0.3 is 5.11 Å². The lowest BCUT2D eigenvalue weighted by Crippen LogP contribution is -2.12. The number of benzene rings is 1. The van der Waals surface area contributed by atoms with Gasteiger partial charge in [-0.05, 0) is 25.0 Å². The lowest BCUT2D eigenvalue weighted by molar-refractivity contribution is -0.386. The molecule has 15 heavy (non-hydrogen) atoms. The number of Topliss-reactive ketones (excluding diaryl/α,β-unsaturated/α-hetero) is 1. The average molecular weight is 207 g/mol. The van der Waals surface area contributed by atoms with E-state index in [1.807, 2.05) is 0 Å². The highest BCUT2D eigenvalue weighted by molar-refractivity contribution is 5.99. The Labute approximate surface area is 85.5 Å². The van der Waals surface area contributed by atoms with Crippen LogP contribution in [0.25, 0.3) is 0 Å². The number of carbonyl (C=O) groups is 1. The molecule has 2 rings (SSSR count). The molecule has 0 saturated heterocycles. The number of hydrogen-bond acceptors (Lipinski definition) is 4. The number of carbonyl (C=O) groups excluding carboxylic acids is 1. The van der Waals surface area contributed by atoms with Gasteiger partial charge in [-0.1, -0.05) is 0 Å². The first-order chi connectivity index (χ1) is 7.11. The highest BCUT2D eigenvalue weighted by Crippen LogP contribution is 2.36. The Hall–Kier alpha value is -1.91. The van der Waals surface area contributed by atoms with Crippen LogP contribution in [-0.4, -0.2) is 15.8 Å². The molecule has 1 aromatic rings. The molecule has 0 aromatic heterocycles. The normalized spacial score (nSPS) is 14.8. The van der Waals surface area contributed by atoms with Gasteiger partial charge in [-0.3, -0.25) is 14.9 Å². The molecule has 1 aliphatic carbocycles. The van der Waals surface area contributed by atoms with Crippen molar-refractivity contribution in [2.24, 2.45) is 0 Å². The number of nitrogens with zero attached hydrogens (tertiary/aromatic N) is 1. The molecule has 0 saturated carbocycles. The molecule has 5 nitrogen and oxygen atoms in total. The van der Waals surface area contributed by atoms with Gasteiger partial charge in [-0.2, -0.15) is 0 Å². The van der Waals surface area contributed by atoms with Gasteiger partial charge in [0.1, 0.15) is 0 Å². The molecule has 1 aromatic carbocycles. The Morgan fingerprint density at radius 2 is 2.07 bits per heavy atom.